The first-order chi connectivity index (χ1) is 16.0. The minimum atomic E-state index is -0.620. The molecule has 5 rings (SSSR count). The van der Waals surface area contributed by atoms with Gasteiger partial charge in [0.25, 0.3) is 5.91 Å². The SMILES string of the molecule is C[C@@H]1CN(CC(O)CN2CCc3ccccc3C2)C(=O)c2ccc(O[C@@H]3CCNC3)cc2O1.Cl.Cl. The highest BCUT2D eigenvalue weighted by molar-refractivity contribution is 5.97. The molecule has 0 spiro atoms. The average molecular weight is 524 g/mol. The van der Waals surface area contributed by atoms with Crippen molar-refractivity contribution in [3.8, 4) is 11.5 Å². The third-order valence-corrected chi connectivity index (χ3v) is 6.70. The summed E-state index contributed by atoms with van der Waals surface area (Å²) in [6.45, 7) is 6.78. The second-order valence-corrected chi connectivity index (χ2v) is 9.44. The molecule has 3 aliphatic heterocycles. The Morgan fingerprint density at radius 1 is 1.17 bits per heavy atom. The highest BCUT2D eigenvalue weighted by Crippen LogP contribution is 2.30. The van der Waals surface area contributed by atoms with E-state index in [1.54, 1.807) is 11.0 Å². The van der Waals surface area contributed by atoms with Gasteiger partial charge in [0, 0.05) is 38.8 Å². The molecule has 3 heterocycles. The fraction of sp³-hybridized carbons (Fsp3) is 0.500. The fourth-order valence-electron chi connectivity index (χ4n) is 5.07. The minimum absolute atomic E-state index is 0. The third kappa shape index (κ3) is 6.60. The Morgan fingerprint density at radius 3 is 2.74 bits per heavy atom. The van der Waals surface area contributed by atoms with Crippen LogP contribution in [0.4, 0.5) is 0 Å². The van der Waals surface area contributed by atoms with Crippen LogP contribution in [-0.4, -0.2) is 78.4 Å². The molecule has 2 aromatic rings. The number of carbonyl (C=O) groups is 1. The lowest BCUT2D eigenvalue weighted by atomic mass is 10.00. The summed E-state index contributed by atoms with van der Waals surface area (Å²) in [6, 6.07) is 13.9. The summed E-state index contributed by atoms with van der Waals surface area (Å²) in [4.78, 5) is 17.3. The van der Waals surface area contributed by atoms with Gasteiger partial charge in [0.2, 0.25) is 0 Å². The number of nitrogens with zero attached hydrogens (tertiary/aromatic N) is 2. The van der Waals surface area contributed by atoms with Crippen LogP contribution in [0.15, 0.2) is 42.5 Å². The number of nitrogens with one attached hydrogen (secondary N) is 1. The van der Waals surface area contributed by atoms with Gasteiger partial charge < -0.3 is 24.8 Å². The van der Waals surface area contributed by atoms with Gasteiger partial charge in [-0.3, -0.25) is 9.69 Å². The lowest BCUT2D eigenvalue weighted by Crippen LogP contribution is -2.45. The first kappa shape index (κ1) is 27.6. The van der Waals surface area contributed by atoms with Crippen LogP contribution in [0, 0.1) is 0 Å². The third-order valence-electron chi connectivity index (χ3n) is 6.70. The molecule has 1 unspecified atom stereocenters. The van der Waals surface area contributed by atoms with Crippen molar-refractivity contribution >= 4 is 30.7 Å². The van der Waals surface area contributed by atoms with E-state index in [2.05, 4.69) is 34.5 Å². The van der Waals surface area contributed by atoms with E-state index >= 15 is 0 Å². The molecule has 3 atom stereocenters. The number of halogens is 2. The van der Waals surface area contributed by atoms with Crippen molar-refractivity contribution in [2.75, 3.05) is 39.3 Å². The zero-order chi connectivity index (χ0) is 22.8. The summed E-state index contributed by atoms with van der Waals surface area (Å²) >= 11 is 0. The Hall–Kier alpha value is -2.03. The number of hydrogen-bond donors (Lipinski definition) is 2. The van der Waals surface area contributed by atoms with E-state index in [0.717, 1.165) is 44.8 Å². The van der Waals surface area contributed by atoms with Gasteiger partial charge in [-0.25, -0.2) is 0 Å². The average Bonchev–Trinajstić information content (AvgIpc) is 3.27. The van der Waals surface area contributed by atoms with Crippen LogP contribution in [0.1, 0.15) is 34.8 Å². The van der Waals surface area contributed by atoms with Gasteiger partial charge >= 0.3 is 0 Å². The largest absolute Gasteiger partial charge is 0.489 e. The summed E-state index contributed by atoms with van der Waals surface area (Å²) in [5.41, 5.74) is 3.24. The molecular weight excluding hydrogens is 489 g/mol. The number of rotatable bonds is 6. The molecule has 1 fully saturated rings. The smallest absolute Gasteiger partial charge is 0.257 e. The van der Waals surface area contributed by atoms with E-state index < -0.39 is 6.10 Å². The molecule has 0 radical (unpaired) electrons. The summed E-state index contributed by atoms with van der Waals surface area (Å²) in [5, 5.41) is 14.1. The molecule has 2 N–H and O–H groups in total. The van der Waals surface area contributed by atoms with E-state index in [9.17, 15) is 9.90 Å². The second kappa shape index (κ2) is 12.3. The topological polar surface area (TPSA) is 74.3 Å². The van der Waals surface area contributed by atoms with Gasteiger partial charge in [-0.2, -0.15) is 0 Å². The molecule has 1 saturated heterocycles. The predicted octanol–water partition coefficient (Wildman–Crippen LogP) is 2.91. The molecule has 7 nitrogen and oxygen atoms in total. The number of ether oxygens (including phenoxy) is 2. The van der Waals surface area contributed by atoms with Gasteiger partial charge in [0.15, 0.2) is 0 Å². The number of β-amino-alcohol motifs (C(OH)–C–C–N with tert-alkyl or cyclic N) is 1. The van der Waals surface area contributed by atoms with Crippen molar-refractivity contribution in [1.82, 2.24) is 15.1 Å². The number of benzene rings is 2. The molecule has 35 heavy (non-hydrogen) atoms. The Labute approximate surface area is 219 Å². The van der Waals surface area contributed by atoms with Crippen LogP contribution in [0.5, 0.6) is 11.5 Å². The molecule has 3 aliphatic rings. The Balaban J connectivity index is 0.00000171. The molecule has 0 saturated carbocycles. The lowest BCUT2D eigenvalue weighted by Gasteiger charge is -2.32. The van der Waals surface area contributed by atoms with E-state index in [1.807, 2.05) is 19.1 Å². The van der Waals surface area contributed by atoms with Crippen molar-refractivity contribution in [3.05, 3.63) is 59.2 Å². The van der Waals surface area contributed by atoms with Crippen molar-refractivity contribution in [2.45, 2.75) is 44.6 Å². The minimum Gasteiger partial charge on any atom is -0.489 e. The van der Waals surface area contributed by atoms with Crippen molar-refractivity contribution in [3.63, 3.8) is 0 Å². The first-order valence-corrected chi connectivity index (χ1v) is 12.0. The summed E-state index contributed by atoms with van der Waals surface area (Å²) < 4.78 is 12.1. The zero-order valence-electron chi connectivity index (χ0n) is 20.0. The van der Waals surface area contributed by atoms with Crippen molar-refractivity contribution in [1.29, 1.82) is 0 Å². The predicted molar refractivity (Wildman–Crippen MR) is 140 cm³/mol. The fourth-order valence-corrected chi connectivity index (χ4v) is 5.07. The molecule has 2 aromatic carbocycles. The molecular formula is C26H35Cl2N3O4. The van der Waals surface area contributed by atoms with E-state index in [4.69, 9.17) is 9.47 Å². The van der Waals surface area contributed by atoms with Crippen LogP contribution < -0.4 is 14.8 Å². The standard InChI is InChI=1S/C26H33N3O4.2ClH/c1-18-14-29(17-21(30)16-28-11-9-19-4-2-3-5-20(19)15-28)26(31)24-7-6-22(12-25(24)32-18)33-23-8-10-27-13-23;;/h2-7,12,18,21,23,27,30H,8-11,13-17H2,1H3;2*1H/t18-,21?,23-;;/m1../s1. The number of amides is 1. The monoisotopic (exact) mass is 523 g/mol. The zero-order valence-corrected chi connectivity index (χ0v) is 21.7. The maximum atomic E-state index is 13.3. The molecule has 9 heteroatoms. The number of fused-ring (bicyclic) bond motifs is 2. The second-order valence-electron chi connectivity index (χ2n) is 9.44. The molecule has 0 aliphatic carbocycles. The van der Waals surface area contributed by atoms with Gasteiger partial charge in [0.05, 0.1) is 18.2 Å². The molecule has 0 aromatic heterocycles. The maximum absolute atomic E-state index is 13.3. The van der Waals surface area contributed by atoms with E-state index in [-0.39, 0.29) is 49.5 Å². The van der Waals surface area contributed by atoms with Crippen LogP contribution in [0.3, 0.4) is 0 Å². The molecule has 192 valence electrons. The molecule has 1 amide bonds. The highest BCUT2D eigenvalue weighted by atomic mass is 35.5. The van der Waals surface area contributed by atoms with Gasteiger partial charge in [-0.1, -0.05) is 24.3 Å². The number of carbonyl (C=O) groups excluding carboxylic acids is 1. The van der Waals surface area contributed by atoms with Crippen LogP contribution >= 0.6 is 24.8 Å². The summed E-state index contributed by atoms with van der Waals surface area (Å²) in [5.74, 6) is 1.17. The number of aliphatic hydroxyl groups excluding tert-OH is 1. The lowest BCUT2D eigenvalue weighted by molar-refractivity contribution is 0.0454. The normalized spacial score (nSPS) is 22.6. The van der Waals surface area contributed by atoms with Crippen LogP contribution in [-0.2, 0) is 13.0 Å². The van der Waals surface area contributed by atoms with Gasteiger partial charge in [0.1, 0.15) is 23.7 Å². The Kier molecular flexibility index (Phi) is 9.67. The summed E-state index contributed by atoms with van der Waals surface area (Å²) in [6.07, 6.45) is 1.32. The first-order valence-electron chi connectivity index (χ1n) is 12.0. The van der Waals surface area contributed by atoms with Crippen LogP contribution in [0.25, 0.3) is 0 Å². The van der Waals surface area contributed by atoms with Gasteiger partial charge in [-0.05, 0) is 49.6 Å². The van der Waals surface area contributed by atoms with E-state index in [1.165, 1.54) is 11.1 Å². The van der Waals surface area contributed by atoms with E-state index in [0.29, 0.717) is 24.4 Å². The maximum Gasteiger partial charge on any atom is 0.257 e. The van der Waals surface area contributed by atoms with Crippen LogP contribution in [0.2, 0.25) is 0 Å². The highest BCUT2D eigenvalue weighted by Gasteiger charge is 2.30. The number of aliphatic hydroxyl groups is 1. The van der Waals surface area contributed by atoms with Crippen molar-refractivity contribution < 1.29 is 19.4 Å². The quantitative estimate of drug-likeness (QED) is 0.606. The molecule has 0 bridgehead atoms. The number of hydrogen-bond acceptors (Lipinski definition) is 6. The van der Waals surface area contributed by atoms with Gasteiger partial charge in [-0.15, -0.1) is 24.8 Å². The Morgan fingerprint density at radius 2 is 1.97 bits per heavy atom. The van der Waals surface area contributed by atoms with Crippen molar-refractivity contribution in [2.24, 2.45) is 0 Å². The Bertz CT molecular complexity index is 1000. The summed E-state index contributed by atoms with van der Waals surface area (Å²) in [7, 11) is 0.